The smallest absolute Gasteiger partial charge is 0.303 e. The Morgan fingerprint density at radius 3 is 1.63 bits per heavy atom. The Labute approximate surface area is 470 Å². The molecule has 3 atom stereocenters. The molecule has 0 fully saturated rings. The van der Waals surface area contributed by atoms with Crippen molar-refractivity contribution in [1.29, 1.82) is 0 Å². The van der Waals surface area contributed by atoms with Gasteiger partial charge in [-0.3, -0.25) is 32.1 Å². The number of hydrogen-bond acceptors (Lipinski definition) is 18. The minimum Gasteiger partial charge on any atom is -0.481 e. The van der Waals surface area contributed by atoms with E-state index in [9.17, 15) is 87.7 Å². The Balaban J connectivity index is 1.56. The number of nitrogens with zero attached hydrogens (tertiary/aromatic N) is 2. The molecule has 0 amide bonds. The van der Waals surface area contributed by atoms with Crippen LogP contribution in [-0.2, 0) is 90.5 Å². The molecule has 3 unspecified atom stereocenters. The predicted octanol–water partition coefficient (Wildman–Crippen LogP) is 5.86. The number of fused-ring (bicyclic) bond motifs is 6. The molecule has 2 heterocycles. The SMILES string of the molecule is COCCOCCOCCC1(C)C(=CC=CC=CC2N(CCCS(=O)(=O)O)c3ccc4c(S(=O)(=O)O)cc(S(=O)(=O)O)cc4c3C2(C)CCCS(=O)(=O)O)N(CCCCCC(=O)O)c2ccc3c(S(=O)(=O)O)cc(S(=O)(=O)O)cc3c21. The summed E-state index contributed by atoms with van der Waals surface area (Å²) in [4.78, 5) is 11.5. The van der Waals surface area contributed by atoms with Crippen LogP contribution < -0.4 is 9.80 Å². The van der Waals surface area contributed by atoms with Gasteiger partial charge in [-0.1, -0.05) is 49.8 Å². The lowest BCUT2D eigenvalue weighted by Gasteiger charge is -2.35. The summed E-state index contributed by atoms with van der Waals surface area (Å²) in [6.45, 7) is 4.47. The van der Waals surface area contributed by atoms with Gasteiger partial charge in [0.25, 0.3) is 60.7 Å². The molecule has 7 N–H and O–H groups in total. The normalized spacial score (nSPS) is 19.7. The van der Waals surface area contributed by atoms with Gasteiger partial charge in [0, 0.05) is 71.9 Å². The van der Waals surface area contributed by atoms with Crippen LogP contribution >= 0.6 is 0 Å². The number of benzene rings is 4. The molecule has 0 bridgehead atoms. The molecule has 0 saturated carbocycles. The molecule has 25 nitrogen and oxygen atoms in total. The zero-order valence-corrected chi connectivity index (χ0v) is 49.0. The van der Waals surface area contributed by atoms with Gasteiger partial charge in [0.1, 0.15) is 9.79 Å². The number of rotatable bonds is 30. The van der Waals surface area contributed by atoms with Crippen molar-refractivity contribution in [3.05, 3.63) is 95.7 Å². The van der Waals surface area contributed by atoms with Gasteiger partial charge in [0.05, 0.1) is 53.8 Å². The van der Waals surface area contributed by atoms with Gasteiger partial charge < -0.3 is 29.1 Å². The molecule has 4 aromatic rings. The number of carboxylic acids is 1. The van der Waals surface area contributed by atoms with Crippen LogP contribution in [0.3, 0.4) is 0 Å². The molecular formula is C50H64N2O23S6. The summed E-state index contributed by atoms with van der Waals surface area (Å²) < 4.78 is 228. The quantitative estimate of drug-likeness (QED) is 0.0182. The van der Waals surface area contributed by atoms with E-state index in [2.05, 4.69) is 0 Å². The maximum absolute atomic E-state index is 12.9. The summed E-state index contributed by atoms with van der Waals surface area (Å²) in [6.07, 6.45) is 8.67. The molecule has 81 heavy (non-hydrogen) atoms. The summed E-state index contributed by atoms with van der Waals surface area (Å²) in [6, 6.07) is 7.95. The first-order valence-corrected chi connectivity index (χ1v) is 34.0. The Bertz CT molecular complexity index is 3850. The molecule has 0 aliphatic carbocycles. The van der Waals surface area contributed by atoms with Crippen LogP contribution in [0.25, 0.3) is 21.5 Å². The Hall–Kier alpha value is -4.97. The molecule has 6 rings (SSSR count). The van der Waals surface area contributed by atoms with Crippen molar-refractivity contribution in [2.45, 2.75) is 102 Å². The van der Waals surface area contributed by atoms with Crippen LogP contribution in [0.1, 0.15) is 76.3 Å². The van der Waals surface area contributed by atoms with Crippen molar-refractivity contribution in [3.63, 3.8) is 0 Å². The Morgan fingerprint density at radius 2 is 1.10 bits per heavy atom. The first kappa shape index (κ1) is 65.2. The molecule has 0 aromatic heterocycles. The number of anilines is 2. The highest BCUT2D eigenvalue weighted by Gasteiger charge is 2.48. The highest BCUT2D eigenvalue weighted by atomic mass is 32.2. The lowest BCUT2D eigenvalue weighted by Crippen LogP contribution is -2.43. The fourth-order valence-corrected chi connectivity index (χ4v) is 14.5. The summed E-state index contributed by atoms with van der Waals surface area (Å²) in [5.41, 5.74) is -0.822. The van der Waals surface area contributed by atoms with Gasteiger partial charge in [0.2, 0.25) is 0 Å². The van der Waals surface area contributed by atoms with Gasteiger partial charge >= 0.3 is 5.97 Å². The van der Waals surface area contributed by atoms with Crippen LogP contribution in [0.5, 0.6) is 0 Å². The topological polar surface area (TPSA) is 398 Å². The third-order valence-electron chi connectivity index (χ3n) is 14.3. The van der Waals surface area contributed by atoms with Crippen molar-refractivity contribution in [2.75, 3.05) is 74.5 Å². The van der Waals surface area contributed by atoms with Gasteiger partial charge in [0.15, 0.2) is 0 Å². The minimum absolute atomic E-state index is 0.0342. The fourth-order valence-electron chi connectivity index (χ4n) is 10.8. The van der Waals surface area contributed by atoms with E-state index in [1.807, 2.05) is 4.90 Å². The average Bonchev–Trinajstić information content (AvgIpc) is 2.79. The largest absolute Gasteiger partial charge is 0.481 e. The van der Waals surface area contributed by atoms with Crippen molar-refractivity contribution in [3.8, 4) is 0 Å². The standard InChI is InChI=1S/C50H64N2O23S6/c1-49(19-10-28-76(55,56)57)44(52(22-11-29-77(58,59)60)40-17-15-36-38(47(40)49)30-34(78(61,62)63)32-42(36)80(67,68)69)12-6-4-7-13-45-50(2,20-23-74-26-27-75-25-24-73-3)48-39-31-35(79(64,65)66)33-43(81(70,71)72)37(39)16-18-41(48)51(45)21-9-5-8-14-46(53)54/h4,6-7,12-13,15-18,30-33,44H,5,8-11,14,19-29H2,1-3H3,(H,53,54)(H,55,56,57)(H,58,59,60)(H,61,62,63)(H,64,65,66)(H,67,68,69)(H,70,71,72). The van der Waals surface area contributed by atoms with Gasteiger partial charge in [-0.25, -0.2) is 0 Å². The maximum Gasteiger partial charge on any atom is 0.303 e. The Kier molecular flexibility index (Phi) is 20.5. The number of carbonyl (C=O) groups is 1. The van der Waals surface area contributed by atoms with Crippen molar-refractivity contribution in [2.24, 2.45) is 0 Å². The zero-order valence-electron chi connectivity index (χ0n) is 44.1. The highest BCUT2D eigenvalue weighted by Crippen LogP contribution is 2.55. The summed E-state index contributed by atoms with van der Waals surface area (Å²) in [7, 11) is -28.2. The van der Waals surface area contributed by atoms with Crippen molar-refractivity contribution < 1.29 is 102 Å². The number of carboxylic acid groups (broad SMARTS) is 1. The number of allylic oxidation sites excluding steroid dienone is 5. The molecule has 0 radical (unpaired) electrons. The molecular weight excluding hydrogens is 1190 g/mol. The van der Waals surface area contributed by atoms with Crippen molar-refractivity contribution in [1.82, 2.24) is 0 Å². The second-order valence-corrected chi connectivity index (χ2v) is 28.7. The van der Waals surface area contributed by atoms with E-state index in [0.29, 0.717) is 54.9 Å². The second kappa shape index (κ2) is 25.5. The molecule has 2 aliphatic rings. The van der Waals surface area contributed by atoms with E-state index >= 15 is 0 Å². The molecule has 4 aromatic carbocycles. The van der Waals surface area contributed by atoms with Crippen LogP contribution in [0.4, 0.5) is 11.4 Å². The van der Waals surface area contributed by atoms with Crippen LogP contribution in [0.15, 0.2) is 104 Å². The Morgan fingerprint density at radius 1 is 0.568 bits per heavy atom. The van der Waals surface area contributed by atoms with Crippen LogP contribution in [0, 0.1) is 0 Å². The second-order valence-electron chi connectivity index (χ2n) is 19.9. The first-order valence-electron chi connectivity index (χ1n) is 25.0. The molecule has 0 spiro atoms. The lowest BCUT2D eigenvalue weighted by molar-refractivity contribution is -0.137. The highest BCUT2D eigenvalue weighted by molar-refractivity contribution is 7.87. The van der Waals surface area contributed by atoms with E-state index in [4.69, 9.17) is 14.2 Å². The van der Waals surface area contributed by atoms with E-state index in [1.165, 1.54) is 25.3 Å². The number of ether oxygens (including phenoxy) is 3. The van der Waals surface area contributed by atoms with Crippen LogP contribution in [-0.4, -0.2) is 160 Å². The molecule has 0 saturated heterocycles. The first-order chi connectivity index (χ1) is 37.5. The van der Waals surface area contributed by atoms with Gasteiger partial charge in [-0.2, -0.15) is 50.5 Å². The summed E-state index contributed by atoms with van der Waals surface area (Å²) in [5, 5.41) is 8.97. The minimum atomic E-state index is -5.20. The third kappa shape index (κ3) is 15.8. The van der Waals surface area contributed by atoms with Crippen LogP contribution in [0.2, 0.25) is 0 Å². The maximum atomic E-state index is 12.9. The average molecular weight is 1250 g/mol. The van der Waals surface area contributed by atoms with Gasteiger partial charge in [-0.05, 0) is 110 Å². The predicted molar refractivity (Wildman–Crippen MR) is 298 cm³/mol. The van der Waals surface area contributed by atoms with Gasteiger partial charge in [-0.15, -0.1) is 0 Å². The van der Waals surface area contributed by atoms with E-state index in [-0.39, 0.29) is 104 Å². The van der Waals surface area contributed by atoms with E-state index in [1.54, 1.807) is 55.2 Å². The zero-order chi connectivity index (χ0) is 60.1. The third-order valence-corrected chi connectivity index (χ3v) is 19.4. The number of aliphatic carboxylic acids is 1. The molecule has 2 aliphatic heterocycles. The monoisotopic (exact) mass is 1250 g/mol. The summed E-state index contributed by atoms with van der Waals surface area (Å²) in [5.74, 6) is -2.50. The number of hydrogen-bond donors (Lipinski definition) is 7. The lowest BCUT2D eigenvalue weighted by atomic mass is 9.73. The summed E-state index contributed by atoms with van der Waals surface area (Å²) >= 11 is 0. The van der Waals surface area contributed by atoms with E-state index in [0.717, 1.165) is 12.1 Å². The number of unbranched alkanes of at least 4 members (excludes halogenated alkanes) is 2. The fraction of sp³-hybridized carbons (Fsp3) is 0.460. The van der Waals surface area contributed by atoms with E-state index < -0.39 is 115 Å². The number of methoxy groups -OCH3 is 1. The molecule has 448 valence electrons. The molecule has 31 heteroatoms. The van der Waals surface area contributed by atoms with Crippen molar-refractivity contribution >= 4 is 99.6 Å².